The zero-order chi connectivity index (χ0) is 45.3. The molecule has 4 saturated heterocycles. The van der Waals surface area contributed by atoms with E-state index in [0.717, 1.165) is 31.4 Å². The van der Waals surface area contributed by atoms with E-state index in [1.807, 2.05) is 18.7 Å². The molecule has 4 aliphatic rings. The fourth-order valence-electron chi connectivity index (χ4n) is 7.49. The normalized spacial score (nSPS) is 24.2. The third-order valence-electron chi connectivity index (χ3n) is 11.2. The van der Waals surface area contributed by atoms with Crippen LogP contribution in [0.4, 0.5) is 10.6 Å². The quantitative estimate of drug-likeness (QED) is 0.0216. The minimum absolute atomic E-state index is 0.0293. The van der Waals surface area contributed by atoms with Gasteiger partial charge in [-0.15, -0.1) is 0 Å². The van der Waals surface area contributed by atoms with E-state index >= 15 is 0 Å². The van der Waals surface area contributed by atoms with Crippen molar-refractivity contribution in [2.45, 2.75) is 125 Å². The van der Waals surface area contributed by atoms with Gasteiger partial charge in [-0.1, -0.05) is 6.42 Å². The molecule has 2 aromatic rings. The zero-order valence-corrected chi connectivity index (χ0v) is 37.1. The number of hydrogen-bond acceptors (Lipinski definition) is 19. The van der Waals surface area contributed by atoms with Crippen molar-refractivity contribution in [2.75, 3.05) is 70.8 Å². The second kappa shape index (κ2) is 24.7. The lowest BCUT2D eigenvalue weighted by atomic mass is 10.0. The highest BCUT2D eigenvalue weighted by molar-refractivity contribution is 8.00. The lowest BCUT2D eigenvalue weighted by Gasteiger charge is -2.22. The Labute approximate surface area is 375 Å². The molecule has 0 unspecified atom stereocenters. The van der Waals surface area contributed by atoms with Crippen LogP contribution in [0.25, 0.3) is 11.2 Å². The summed E-state index contributed by atoms with van der Waals surface area (Å²) in [5.41, 5.74) is 12.1. The molecule has 0 saturated carbocycles. The Morgan fingerprint density at radius 1 is 0.891 bits per heavy atom. The number of carbonyl (C=O) groups excluding carboxylic acids is 5. The summed E-state index contributed by atoms with van der Waals surface area (Å²) in [5.74, 6) is -0.201. The van der Waals surface area contributed by atoms with Crippen LogP contribution in [0, 0.1) is 0 Å². The van der Waals surface area contributed by atoms with Crippen LogP contribution in [0.2, 0.25) is 0 Å². The van der Waals surface area contributed by atoms with Crippen molar-refractivity contribution in [2.24, 2.45) is 0 Å². The van der Waals surface area contributed by atoms with Crippen LogP contribution < -0.4 is 37.9 Å². The van der Waals surface area contributed by atoms with E-state index in [1.54, 1.807) is 0 Å². The summed E-state index contributed by atoms with van der Waals surface area (Å²) in [7, 11) is 0. The summed E-state index contributed by atoms with van der Waals surface area (Å²) < 4.78 is 35.3. The highest BCUT2D eigenvalue weighted by Gasteiger charge is 2.49. The number of nitrogens with one attached hydrogen (secondary N) is 6. The third kappa shape index (κ3) is 15.1. The number of rotatable bonds is 30. The highest BCUT2D eigenvalue weighted by atomic mass is 32.2. The molecule has 356 valence electrons. The van der Waals surface area contributed by atoms with Crippen molar-refractivity contribution in [1.82, 2.24) is 51.6 Å². The number of imidazole rings is 1. The molecule has 7 atom stereocenters. The first-order valence-corrected chi connectivity index (χ1v) is 23.2. The summed E-state index contributed by atoms with van der Waals surface area (Å²) in [6, 6.07) is 0.357. The Bertz CT molecular complexity index is 1860. The number of carbonyl (C=O) groups is 5. The fourth-order valence-corrected chi connectivity index (χ4v) is 9.04. The molecule has 64 heavy (non-hydrogen) atoms. The molecule has 0 aliphatic carbocycles. The van der Waals surface area contributed by atoms with E-state index in [-0.39, 0.29) is 73.7 Å². The van der Waals surface area contributed by atoms with Crippen molar-refractivity contribution in [1.29, 1.82) is 0 Å². The van der Waals surface area contributed by atoms with Gasteiger partial charge in [-0.05, 0) is 45.4 Å². The molecule has 0 aromatic carbocycles. The number of hydrogen-bond donors (Lipinski definition) is 8. The van der Waals surface area contributed by atoms with Gasteiger partial charge in [0.15, 0.2) is 23.8 Å². The maximum absolute atomic E-state index is 12.8. The molecule has 0 radical (unpaired) electrons. The van der Waals surface area contributed by atoms with Gasteiger partial charge in [-0.3, -0.25) is 23.7 Å². The van der Waals surface area contributed by atoms with Crippen molar-refractivity contribution in [3.05, 3.63) is 12.7 Å². The van der Waals surface area contributed by atoms with E-state index in [9.17, 15) is 29.1 Å². The van der Waals surface area contributed by atoms with E-state index in [0.29, 0.717) is 88.4 Å². The number of nitrogen functional groups attached to an aromatic ring is 1. The Kier molecular flexibility index (Phi) is 19.0. The van der Waals surface area contributed by atoms with Crippen molar-refractivity contribution in [3.63, 3.8) is 0 Å². The summed E-state index contributed by atoms with van der Waals surface area (Å²) in [6.07, 6.45) is 3.54. The van der Waals surface area contributed by atoms with Gasteiger partial charge in [0.2, 0.25) is 11.8 Å². The second-order valence-electron chi connectivity index (χ2n) is 16.3. The molecule has 23 nitrogen and oxygen atoms in total. The molecular weight excluding hydrogens is 859 g/mol. The number of aliphatic hydroxyl groups excluding tert-OH is 1. The number of nitrogens with zero attached hydrogens (tertiary/aromatic N) is 4. The molecule has 0 spiro atoms. The minimum Gasteiger partial charge on any atom is -0.463 e. The molecule has 6 rings (SSSR count). The van der Waals surface area contributed by atoms with E-state index in [1.165, 1.54) is 17.2 Å². The maximum atomic E-state index is 12.8. The van der Waals surface area contributed by atoms with Crippen LogP contribution in [0.3, 0.4) is 0 Å². The molecule has 24 heteroatoms. The molecular formula is C40H63N11O12S. The number of urea groups is 1. The number of esters is 2. The number of amides is 4. The van der Waals surface area contributed by atoms with Gasteiger partial charge in [-0.2, -0.15) is 11.8 Å². The van der Waals surface area contributed by atoms with Crippen LogP contribution in [-0.4, -0.2) is 161 Å². The predicted molar refractivity (Wildman–Crippen MR) is 230 cm³/mol. The van der Waals surface area contributed by atoms with E-state index in [4.69, 9.17) is 34.2 Å². The summed E-state index contributed by atoms with van der Waals surface area (Å²) in [4.78, 5) is 73.7. The Hall–Kier alpha value is -4.43. The lowest BCUT2D eigenvalue weighted by molar-refractivity contribution is -0.158. The number of fused-ring (bicyclic) bond motifs is 2. The number of unbranched alkanes of at least 4 members (excludes halogenated alkanes) is 1. The highest BCUT2D eigenvalue weighted by Crippen LogP contribution is 2.35. The summed E-state index contributed by atoms with van der Waals surface area (Å²) in [6.45, 7) is 5.23. The van der Waals surface area contributed by atoms with Gasteiger partial charge in [0.25, 0.3) is 0 Å². The second-order valence-corrected chi connectivity index (χ2v) is 17.6. The van der Waals surface area contributed by atoms with E-state index in [2.05, 4.69) is 47.1 Å². The standard InChI is InChI=1S/C40H63N11O12S/c1-40(49-50-40)12-11-31(55)63-35-34(56)26(62-38(35)51-24-46-33-36(41)44-23-45-37(33)51)21-61-30(54)10-4-9-29(53)43-14-6-16-59-18-20-60-19-17-58-15-5-13-42-28(52)8-3-2-7-27-32-25(22-64-27)47-39(57)48-32/h23-27,32,34-35,38,49-50,56H,2-22H2,1H3,(H,42,52)(H,43,53)(H2,41,44,45)(H2,47,48,57)/t25-,26-,27-,32-,34+,35-,38-/m1/s1. The number of anilines is 1. The summed E-state index contributed by atoms with van der Waals surface area (Å²) in [5, 5.41) is 23.3. The number of ether oxygens (including phenoxy) is 6. The Balaban J connectivity index is 0.724. The van der Waals surface area contributed by atoms with Crippen molar-refractivity contribution < 1.29 is 57.5 Å². The number of hydrazine groups is 1. The molecule has 2 aromatic heterocycles. The number of aliphatic hydroxyl groups is 1. The van der Waals surface area contributed by atoms with Crippen LogP contribution in [0.1, 0.15) is 83.8 Å². The molecule has 0 bridgehead atoms. The smallest absolute Gasteiger partial charge is 0.315 e. The number of aromatic nitrogens is 4. The van der Waals surface area contributed by atoms with E-state index < -0.39 is 36.5 Å². The molecule has 4 fully saturated rings. The molecule has 4 aliphatic heterocycles. The molecule has 4 amide bonds. The first-order valence-electron chi connectivity index (χ1n) is 22.1. The average Bonchev–Trinajstić information content (AvgIpc) is 3.57. The predicted octanol–water partition coefficient (Wildman–Crippen LogP) is -0.315. The first-order chi connectivity index (χ1) is 31.0. The van der Waals surface area contributed by atoms with Crippen LogP contribution in [0.15, 0.2) is 12.7 Å². The minimum atomic E-state index is -1.35. The van der Waals surface area contributed by atoms with Crippen molar-refractivity contribution >= 4 is 58.5 Å². The van der Waals surface area contributed by atoms with Crippen LogP contribution in [0.5, 0.6) is 0 Å². The number of thioether (sulfide) groups is 1. The van der Waals surface area contributed by atoms with Gasteiger partial charge in [0.1, 0.15) is 30.7 Å². The van der Waals surface area contributed by atoms with Crippen molar-refractivity contribution in [3.8, 4) is 0 Å². The number of nitrogens with two attached hydrogens (primary N) is 1. The van der Waals surface area contributed by atoms with Gasteiger partial charge >= 0.3 is 18.0 Å². The Morgan fingerprint density at radius 3 is 2.28 bits per heavy atom. The van der Waals surface area contributed by atoms with Crippen LogP contribution in [-0.2, 0) is 47.6 Å². The largest absolute Gasteiger partial charge is 0.463 e. The topological polar surface area (TPSA) is 323 Å². The van der Waals surface area contributed by atoms with Crippen LogP contribution >= 0.6 is 11.8 Å². The zero-order valence-electron chi connectivity index (χ0n) is 36.3. The third-order valence-corrected chi connectivity index (χ3v) is 12.7. The molecule has 6 heterocycles. The first kappa shape index (κ1) is 49.0. The SMILES string of the molecule is CC1(CCC(=O)O[C@@H]2[C@@H](O)[C@@H](COC(=O)CCCC(=O)NCCCOCCOCCOCCCNC(=O)CCCC[C@H]3SC[C@H]4NC(=O)N[C@H]43)O[C@H]2n2cnc3c(N)ncnc32)NN1. The lowest BCUT2D eigenvalue weighted by Crippen LogP contribution is -2.38. The monoisotopic (exact) mass is 921 g/mol. The fraction of sp³-hybridized carbons (Fsp3) is 0.750. The van der Waals surface area contributed by atoms with Gasteiger partial charge in [-0.25, -0.2) is 30.6 Å². The van der Waals surface area contributed by atoms with Gasteiger partial charge < -0.3 is 60.5 Å². The average molecular weight is 922 g/mol. The maximum Gasteiger partial charge on any atom is 0.315 e. The van der Waals surface area contributed by atoms with Gasteiger partial charge in [0, 0.05) is 63.0 Å². The van der Waals surface area contributed by atoms with Gasteiger partial charge in [0.05, 0.1) is 50.5 Å². The summed E-state index contributed by atoms with van der Waals surface area (Å²) >= 11 is 1.89. The molecule has 9 N–H and O–H groups in total. The Morgan fingerprint density at radius 2 is 1.58 bits per heavy atom.